The summed E-state index contributed by atoms with van der Waals surface area (Å²) in [5.41, 5.74) is -1.16. The third kappa shape index (κ3) is 3.63. The Hall–Kier alpha value is -1.38. The van der Waals surface area contributed by atoms with Gasteiger partial charge in [0.25, 0.3) is 0 Å². The fraction of sp³-hybridized carbons (Fsp3) is 0.615. The van der Waals surface area contributed by atoms with Gasteiger partial charge in [0.1, 0.15) is 10.6 Å². The molecule has 1 aliphatic carbocycles. The highest BCUT2D eigenvalue weighted by Gasteiger charge is 2.31. The van der Waals surface area contributed by atoms with Gasteiger partial charge in [-0.3, -0.25) is 0 Å². The minimum atomic E-state index is -3.84. The molecular formula is C13H20N2O5S. The van der Waals surface area contributed by atoms with Crippen LogP contribution in [0.1, 0.15) is 49.6 Å². The van der Waals surface area contributed by atoms with E-state index < -0.39 is 21.6 Å². The number of sulfonamides is 1. The predicted molar refractivity (Wildman–Crippen MR) is 75.8 cm³/mol. The summed E-state index contributed by atoms with van der Waals surface area (Å²) in [5, 5.41) is 19.0. The molecule has 0 radical (unpaired) electrons. The number of nitrogens with zero attached hydrogens (tertiary/aromatic N) is 1. The summed E-state index contributed by atoms with van der Waals surface area (Å²) < 4.78 is 28.2. The maximum atomic E-state index is 12.2. The van der Waals surface area contributed by atoms with Crippen molar-refractivity contribution in [2.75, 3.05) is 6.54 Å². The second kappa shape index (κ2) is 5.43. The lowest BCUT2D eigenvalue weighted by atomic mass is 10.1. The third-order valence-electron chi connectivity index (χ3n) is 3.70. The third-order valence-corrected chi connectivity index (χ3v) is 5.07. The van der Waals surface area contributed by atoms with Crippen molar-refractivity contribution < 1.29 is 23.4 Å². The fourth-order valence-electron chi connectivity index (χ4n) is 1.89. The molecule has 0 spiro atoms. The maximum Gasteiger partial charge on any atom is 0.352 e. The first kappa shape index (κ1) is 16.0. The van der Waals surface area contributed by atoms with Crippen LogP contribution in [-0.2, 0) is 10.0 Å². The van der Waals surface area contributed by atoms with Gasteiger partial charge in [-0.05, 0) is 32.3 Å². The van der Waals surface area contributed by atoms with Crippen LogP contribution in [0, 0.1) is 0 Å². The van der Waals surface area contributed by atoms with E-state index in [0.717, 1.165) is 18.9 Å². The van der Waals surface area contributed by atoms with Crippen LogP contribution in [-0.4, -0.2) is 41.3 Å². The zero-order chi connectivity index (χ0) is 15.8. The number of nitrogens with one attached hydrogen (secondary N) is 1. The summed E-state index contributed by atoms with van der Waals surface area (Å²) in [6.45, 7) is 3.16. The lowest BCUT2D eigenvalue weighted by molar-refractivity contribution is 0.0613. The maximum absolute atomic E-state index is 12.2. The van der Waals surface area contributed by atoms with Gasteiger partial charge < -0.3 is 14.8 Å². The van der Waals surface area contributed by atoms with Crippen LogP contribution in [0.2, 0.25) is 0 Å². The van der Waals surface area contributed by atoms with Crippen molar-refractivity contribution in [1.29, 1.82) is 0 Å². The summed E-state index contributed by atoms with van der Waals surface area (Å²) in [5.74, 6) is -1.15. The van der Waals surface area contributed by atoms with E-state index in [1.165, 1.54) is 17.7 Å². The van der Waals surface area contributed by atoms with Crippen LogP contribution < -0.4 is 4.72 Å². The number of aromatic carboxylic acids is 1. The van der Waals surface area contributed by atoms with Gasteiger partial charge in [0, 0.05) is 18.8 Å². The van der Waals surface area contributed by atoms with Gasteiger partial charge in [-0.2, -0.15) is 0 Å². The minimum absolute atomic E-state index is 0.0277. The second-order valence-corrected chi connectivity index (χ2v) is 7.45. The van der Waals surface area contributed by atoms with E-state index in [9.17, 15) is 18.3 Å². The van der Waals surface area contributed by atoms with Crippen molar-refractivity contribution in [3.63, 3.8) is 0 Å². The van der Waals surface area contributed by atoms with E-state index in [1.54, 1.807) is 6.92 Å². The topological polar surface area (TPSA) is 109 Å². The lowest BCUT2D eigenvalue weighted by Gasteiger charge is -2.21. The Kier molecular flexibility index (Phi) is 4.14. The highest BCUT2D eigenvalue weighted by Crippen LogP contribution is 2.37. The lowest BCUT2D eigenvalue weighted by Crippen LogP contribution is -2.39. The van der Waals surface area contributed by atoms with Gasteiger partial charge in [-0.1, -0.05) is 6.92 Å². The Morgan fingerprint density at radius 2 is 2.14 bits per heavy atom. The molecule has 1 aromatic rings. The molecule has 1 aromatic heterocycles. The molecule has 0 aromatic carbocycles. The predicted octanol–water partition coefficient (Wildman–Crippen LogP) is 0.960. The number of aliphatic hydroxyl groups is 1. The molecule has 0 saturated heterocycles. The molecule has 118 valence electrons. The Bertz CT molecular complexity index is 644. The molecule has 1 unspecified atom stereocenters. The number of carbonyl (C=O) groups is 1. The average molecular weight is 316 g/mol. The molecule has 1 aliphatic rings. The van der Waals surface area contributed by atoms with Crippen molar-refractivity contribution in [3.8, 4) is 0 Å². The zero-order valence-electron chi connectivity index (χ0n) is 12.0. The number of rotatable bonds is 7. The molecule has 3 N–H and O–H groups in total. The van der Waals surface area contributed by atoms with Gasteiger partial charge in [-0.25, -0.2) is 17.9 Å². The van der Waals surface area contributed by atoms with Crippen molar-refractivity contribution in [2.24, 2.45) is 0 Å². The van der Waals surface area contributed by atoms with Crippen molar-refractivity contribution in [2.45, 2.75) is 49.6 Å². The van der Waals surface area contributed by atoms with E-state index in [2.05, 4.69) is 4.72 Å². The van der Waals surface area contributed by atoms with Crippen LogP contribution in [0.4, 0.5) is 0 Å². The smallest absolute Gasteiger partial charge is 0.352 e. The standard InChI is InChI=1S/C13H20N2O5S/c1-3-13(2,18)8-14-21(19,20)10-6-11(12(16)17)15(7-10)9-4-5-9/h6-7,9,14,18H,3-5,8H2,1-2H3,(H,16,17). The van der Waals surface area contributed by atoms with Crippen LogP contribution in [0.25, 0.3) is 0 Å². The number of aromatic nitrogens is 1. The molecular weight excluding hydrogens is 296 g/mol. The normalized spacial score (nSPS) is 18.4. The monoisotopic (exact) mass is 316 g/mol. The molecule has 1 fully saturated rings. The van der Waals surface area contributed by atoms with Gasteiger partial charge >= 0.3 is 5.97 Å². The molecule has 21 heavy (non-hydrogen) atoms. The molecule has 2 rings (SSSR count). The molecule has 8 heteroatoms. The molecule has 1 atom stereocenters. The zero-order valence-corrected chi connectivity index (χ0v) is 12.9. The Balaban J connectivity index is 2.24. The van der Waals surface area contributed by atoms with Crippen molar-refractivity contribution in [3.05, 3.63) is 18.0 Å². The van der Waals surface area contributed by atoms with Crippen LogP contribution >= 0.6 is 0 Å². The summed E-state index contributed by atoms with van der Waals surface area (Å²) in [6, 6.07) is 1.22. The van der Waals surface area contributed by atoms with Crippen LogP contribution in [0.3, 0.4) is 0 Å². The molecule has 0 bridgehead atoms. The van der Waals surface area contributed by atoms with Crippen molar-refractivity contribution in [1.82, 2.24) is 9.29 Å². The number of carboxylic acid groups (broad SMARTS) is 1. The largest absolute Gasteiger partial charge is 0.477 e. The average Bonchev–Trinajstić information content (AvgIpc) is 3.14. The van der Waals surface area contributed by atoms with Crippen LogP contribution in [0.5, 0.6) is 0 Å². The Morgan fingerprint density at radius 1 is 1.52 bits per heavy atom. The van der Waals surface area contributed by atoms with Crippen LogP contribution in [0.15, 0.2) is 17.2 Å². The highest BCUT2D eigenvalue weighted by molar-refractivity contribution is 7.89. The summed E-state index contributed by atoms with van der Waals surface area (Å²) >= 11 is 0. The van der Waals surface area contributed by atoms with Gasteiger partial charge in [-0.15, -0.1) is 0 Å². The summed E-state index contributed by atoms with van der Waals surface area (Å²) in [4.78, 5) is 11.1. The highest BCUT2D eigenvalue weighted by atomic mass is 32.2. The molecule has 7 nitrogen and oxygen atoms in total. The van der Waals surface area contributed by atoms with Gasteiger partial charge in [0.05, 0.1) is 5.60 Å². The molecule has 0 aliphatic heterocycles. The number of carboxylic acids is 1. The van der Waals surface area contributed by atoms with E-state index in [4.69, 9.17) is 5.11 Å². The SMILES string of the molecule is CCC(C)(O)CNS(=O)(=O)c1cc(C(=O)O)n(C2CC2)c1. The van der Waals surface area contributed by atoms with E-state index in [-0.39, 0.29) is 23.2 Å². The Labute approximate surface area is 123 Å². The molecule has 1 saturated carbocycles. The summed E-state index contributed by atoms with van der Waals surface area (Å²) in [7, 11) is -3.84. The van der Waals surface area contributed by atoms with Gasteiger partial charge in [0.15, 0.2) is 0 Å². The first-order chi connectivity index (χ1) is 9.66. The first-order valence-electron chi connectivity index (χ1n) is 6.83. The summed E-state index contributed by atoms with van der Waals surface area (Å²) in [6.07, 6.45) is 3.46. The van der Waals surface area contributed by atoms with Crippen molar-refractivity contribution >= 4 is 16.0 Å². The van der Waals surface area contributed by atoms with E-state index in [1.807, 2.05) is 0 Å². The fourth-order valence-corrected chi connectivity index (χ4v) is 3.07. The second-order valence-electron chi connectivity index (χ2n) is 5.68. The number of hydrogen-bond donors (Lipinski definition) is 3. The van der Waals surface area contributed by atoms with Gasteiger partial charge in [0.2, 0.25) is 10.0 Å². The quantitative estimate of drug-likeness (QED) is 0.694. The first-order valence-corrected chi connectivity index (χ1v) is 8.32. The molecule has 1 heterocycles. The molecule has 0 amide bonds. The Morgan fingerprint density at radius 3 is 2.62 bits per heavy atom. The van der Waals surface area contributed by atoms with E-state index in [0.29, 0.717) is 6.42 Å². The minimum Gasteiger partial charge on any atom is -0.477 e. The van der Waals surface area contributed by atoms with E-state index >= 15 is 0 Å². The number of hydrogen-bond acceptors (Lipinski definition) is 4.